The zero-order chi connectivity index (χ0) is 37.9. The summed E-state index contributed by atoms with van der Waals surface area (Å²) < 4.78 is 61.9. The van der Waals surface area contributed by atoms with Gasteiger partial charge >= 0.3 is 18.2 Å². The van der Waals surface area contributed by atoms with E-state index < -0.39 is 47.6 Å². The van der Waals surface area contributed by atoms with E-state index in [1.165, 1.54) is 34.0 Å². The molecule has 2 aliphatic rings. The number of aromatic nitrogens is 4. The molecule has 4 N–H and O–H groups in total. The Labute approximate surface area is 302 Å². The molecule has 2 saturated heterocycles. The Kier molecular flexibility index (Phi) is 10.4. The van der Waals surface area contributed by atoms with Crippen LogP contribution in [0.4, 0.5) is 29.7 Å². The largest absolute Gasteiger partial charge is 0.464 e. The highest BCUT2D eigenvalue weighted by molar-refractivity contribution is 5.93. The molecule has 280 valence electrons. The number of amides is 2. The molecule has 1 unspecified atom stereocenters. The van der Waals surface area contributed by atoms with E-state index in [-0.39, 0.29) is 48.3 Å². The van der Waals surface area contributed by atoms with Gasteiger partial charge in [0, 0.05) is 43.0 Å². The standard InChI is InChI=1S/C36H39F3N8O6/c1-3-51-32(49)27-19-35(21-46(27)34(50)52-20-23-7-5-4-6-8-23)12-15-45(16-13-35)28-18-29(43-33(41)42-28)53-30(36(37,38)39)25-10-9-24(31(40)48)17-26(25)47-14-11-22(2)44-47/h4-11,14,17-18,27,30H,3,12-13,15-16,19-21H2,1-2H3,(H2,40,48)(H2,41,42,43)/t27-,30?/m0/s1. The molecule has 2 aromatic heterocycles. The van der Waals surface area contributed by atoms with E-state index in [0.29, 0.717) is 38.0 Å². The Morgan fingerprint density at radius 3 is 2.40 bits per heavy atom. The molecule has 0 radical (unpaired) electrons. The fourth-order valence-electron chi connectivity index (χ4n) is 6.82. The van der Waals surface area contributed by atoms with Gasteiger partial charge in [-0.15, -0.1) is 0 Å². The summed E-state index contributed by atoms with van der Waals surface area (Å²) in [6.45, 7) is 4.60. The molecule has 0 bridgehead atoms. The number of rotatable bonds is 10. The molecule has 6 rings (SSSR count). The first-order valence-corrected chi connectivity index (χ1v) is 17.0. The van der Waals surface area contributed by atoms with Crippen molar-refractivity contribution in [2.45, 2.75) is 58.0 Å². The van der Waals surface area contributed by atoms with E-state index in [1.54, 1.807) is 19.9 Å². The maximum Gasteiger partial charge on any atom is 0.429 e. The molecule has 2 atom stereocenters. The number of benzene rings is 2. The average molecular weight is 737 g/mol. The third-order valence-electron chi connectivity index (χ3n) is 9.46. The normalized spacial score (nSPS) is 17.4. The zero-order valence-corrected chi connectivity index (χ0v) is 29.1. The van der Waals surface area contributed by atoms with Crippen LogP contribution in [0.3, 0.4) is 0 Å². The molecule has 0 aliphatic carbocycles. The number of carbonyl (C=O) groups is 3. The van der Waals surface area contributed by atoms with Gasteiger partial charge in [-0.1, -0.05) is 36.4 Å². The number of esters is 1. The molecule has 14 nitrogen and oxygen atoms in total. The van der Waals surface area contributed by atoms with Gasteiger partial charge in [0.2, 0.25) is 23.8 Å². The van der Waals surface area contributed by atoms with E-state index in [0.717, 1.165) is 11.6 Å². The Morgan fingerprint density at radius 1 is 1.02 bits per heavy atom. The van der Waals surface area contributed by atoms with Crippen LogP contribution in [0, 0.1) is 12.3 Å². The number of likely N-dealkylation sites (tertiary alicyclic amines) is 1. The van der Waals surface area contributed by atoms with Crippen LogP contribution in [-0.4, -0.2) is 81.1 Å². The van der Waals surface area contributed by atoms with Crippen molar-refractivity contribution in [3.63, 3.8) is 0 Å². The average Bonchev–Trinajstić information content (AvgIpc) is 3.73. The smallest absolute Gasteiger partial charge is 0.429 e. The molecule has 2 aromatic carbocycles. The second-order valence-corrected chi connectivity index (χ2v) is 13.1. The highest BCUT2D eigenvalue weighted by Gasteiger charge is 2.51. The minimum Gasteiger partial charge on any atom is -0.464 e. The Bertz CT molecular complexity index is 1970. The van der Waals surface area contributed by atoms with E-state index >= 15 is 0 Å². The Morgan fingerprint density at radius 2 is 1.75 bits per heavy atom. The Balaban J connectivity index is 1.20. The first-order valence-electron chi connectivity index (χ1n) is 17.0. The molecule has 1 spiro atoms. The number of halogens is 3. The van der Waals surface area contributed by atoms with Crippen LogP contribution in [-0.2, 0) is 20.9 Å². The summed E-state index contributed by atoms with van der Waals surface area (Å²) in [5.74, 6) is -1.82. The van der Waals surface area contributed by atoms with Crippen LogP contribution in [0.1, 0.15) is 59.5 Å². The predicted octanol–water partition coefficient (Wildman–Crippen LogP) is 4.90. The van der Waals surface area contributed by atoms with Crippen molar-refractivity contribution < 1.29 is 41.8 Å². The van der Waals surface area contributed by atoms with E-state index in [9.17, 15) is 27.6 Å². The van der Waals surface area contributed by atoms with Crippen molar-refractivity contribution in [2.75, 3.05) is 36.9 Å². The van der Waals surface area contributed by atoms with E-state index in [1.807, 2.05) is 35.2 Å². The van der Waals surface area contributed by atoms with Gasteiger partial charge in [0.05, 0.1) is 18.0 Å². The molecule has 2 aliphatic heterocycles. The first kappa shape index (κ1) is 36.9. The molecular formula is C36H39F3N8O6. The molecule has 4 heterocycles. The molecule has 4 aromatic rings. The second-order valence-electron chi connectivity index (χ2n) is 13.1. The maximum atomic E-state index is 14.7. The Hall–Kier alpha value is -5.87. The summed E-state index contributed by atoms with van der Waals surface area (Å²) in [4.78, 5) is 49.7. The van der Waals surface area contributed by atoms with Crippen molar-refractivity contribution in [3.05, 3.63) is 89.2 Å². The highest BCUT2D eigenvalue weighted by atomic mass is 19.4. The lowest BCUT2D eigenvalue weighted by atomic mass is 9.76. The second kappa shape index (κ2) is 15.0. The predicted molar refractivity (Wildman–Crippen MR) is 185 cm³/mol. The number of nitrogens with zero attached hydrogens (tertiary/aromatic N) is 6. The van der Waals surface area contributed by atoms with Crippen LogP contribution in [0.5, 0.6) is 5.88 Å². The summed E-state index contributed by atoms with van der Waals surface area (Å²) in [6.07, 6.45) is -5.23. The number of anilines is 2. The van der Waals surface area contributed by atoms with Gasteiger partial charge in [0.15, 0.2) is 0 Å². The minimum absolute atomic E-state index is 0.0164. The number of carbonyl (C=O) groups excluding carboxylic acids is 3. The zero-order valence-electron chi connectivity index (χ0n) is 29.1. The van der Waals surface area contributed by atoms with Gasteiger partial charge in [-0.3, -0.25) is 9.69 Å². The van der Waals surface area contributed by atoms with Gasteiger partial charge in [0.1, 0.15) is 18.5 Å². The monoisotopic (exact) mass is 736 g/mol. The van der Waals surface area contributed by atoms with Gasteiger partial charge in [-0.05, 0) is 62.3 Å². The fourth-order valence-corrected chi connectivity index (χ4v) is 6.82. The van der Waals surface area contributed by atoms with Gasteiger partial charge in [-0.2, -0.15) is 28.2 Å². The summed E-state index contributed by atoms with van der Waals surface area (Å²) in [7, 11) is 0. The van der Waals surface area contributed by atoms with Crippen LogP contribution in [0.15, 0.2) is 66.9 Å². The number of nitrogens with two attached hydrogens (primary N) is 2. The summed E-state index contributed by atoms with van der Waals surface area (Å²) >= 11 is 0. The number of alkyl halides is 3. The van der Waals surface area contributed by atoms with Crippen LogP contribution < -0.4 is 21.1 Å². The number of primary amides is 1. The van der Waals surface area contributed by atoms with Gasteiger partial charge in [-0.25, -0.2) is 14.3 Å². The quantitative estimate of drug-likeness (QED) is 0.212. The van der Waals surface area contributed by atoms with E-state index in [4.69, 9.17) is 25.7 Å². The maximum absolute atomic E-state index is 14.7. The number of nitrogen functional groups attached to an aromatic ring is 1. The molecule has 2 amide bonds. The number of hydrogen-bond donors (Lipinski definition) is 2. The summed E-state index contributed by atoms with van der Waals surface area (Å²) in [5, 5.41) is 4.23. The number of aryl methyl sites for hydroxylation is 1. The number of piperidine rings is 1. The number of ether oxygens (including phenoxy) is 3. The van der Waals surface area contributed by atoms with Gasteiger partial charge in [0.25, 0.3) is 0 Å². The number of hydrogen-bond acceptors (Lipinski definition) is 11. The van der Waals surface area contributed by atoms with E-state index in [2.05, 4.69) is 15.1 Å². The van der Waals surface area contributed by atoms with Crippen molar-refractivity contribution in [1.29, 1.82) is 0 Å². The first-order chi connectivity index (χ1) is 25.2. The topological polar surface area (TPSA) is 181 Å². The fraction of sp³-hybridized carbons (Fsp3) is 0.389. The van der Waals surface area contributed by atoms with Crippen LogP contribution in [0.2, 0.25) is 0 Å². The SMILES string of the molecule is CCOC(=O)[C@@H]1CC2(CCN(c3cc(OC(c4ccc(C(N)=O)cc4-n4ccc(C)n4)C(F)(F)F)nc(N)n3)CC2)CN1C(=O)OCc1ccccc1. The lowest BCUT2D eigenvalue weighted by Gasteiger charge is -2.39. The van der Waals surface area contributed by atoms with Crippen LogP contribution in [0.25, 0.3) is 5.69 Å². The summed E-state index contributed by atoms with van der Waals surface area (Å²) in [6, 6.07) is 14.8. The summed E-state index contributed by atoms with van der Waals surface area (Å²) in [5.41, 5.74) is 11.9. The van der Waals surface area contributed by atoms with Gasteiger partial charge < -0.3 is 30.6 Å². The molecule has 53 heavy (non-hydrogen) atoms. The van der Waals surface area contributed by atoms with Crippen molar-refractivity contribution >= 4 is 29.7 Å². The van der Waals surface area contributed by atoms with Crippen LogP contribution >= 0.6 is 0 Å². The lowest BCUT2D eigenvalue weighted by Crippen LogP contribution is -2.43. The third-order valence-corrected chi connectivity index (χ3v) is 9.46. The third kappa shape index (κ3) is 8.29. The van der Waals surface area contributed by atoms with Crippen molar-refractivity contribution in [1.82, 2.24) is 24.6 Å². The minimum atomic E-state index is -4.94. The van der Waals surface area contributed by atoms with Crippen molar-refractivity contribution in [2.24, 2.45) is 11.1 Å². The lowest BCUT2D eigenvalue weighted by molar-refractivity contribution is -0.198. The molecule has 17 heteroatoms. The molecule has 2 fully saturated rings. The highest BCUT2D eigenvalue weighted by Crippen LogP contribution is 2.45. The molecule has 0 saturated carbocycles. The molecular weight excluding hydrogens is 697 g/mol. The van der Waals surface area contributed by atoms with Crippen molar-refractivity contribution in [3.8, 4) is 11.6 Å².